The molecule has 1 N–H and O–H groups in total. The highest BCUT2D eigenvalue weighted by Crippen LogP contribution is 2.26. The molecular weight excluding hydrogens is 208 g/mol. The number of hydrogen-bond donors (Lipinski definition) is 1. The summed E-state index contributed by atoms with van der Waals surface area (Å²) in [6, 6.07) is -0.989. The first kappa shape index (κ1) is 9.11. The lowest BCUT2D eigenvalue weighted by Gasteiger charge is -2.25. The molecule has 1 heterocycles. The van der Waals surface area contributed by atoms with E-state index in [-0.39, 0.29) is 15.8 Å². The van der Waals surface area contributed by atoms with Crippen LogP contribution < -0.4 is 0 Å². The number of halogens is 1. The lowest BCUT2D eigenvalue weighted by atomic mass is 9.96. The van der Waals surface area contributed by atoms with Gasteiger partial charge in [-0.2, -0.15) is 4.99 Å². The highest BCUT2D eigenvalue weighted by Gasteiger charge is 2.38. The van der Waals surface area contributed by atoms with Crippen LogP contribution in [0, 0.1) is 5.92 Å². The van der Waals surface area contributed by atoms with Gasteiger partial charge in [0.1, 0.15) is 5.92 Å². The maximum absolute atomic E-state index is 11.4. The van der Waals surface area contributed by atoms with E-state index in [1.807, 2.05) is 0 Å². The topological polar surface area (TPSA) is 70.0 Å². The van der Waals surface area contributed by atoms with Gasteiger partial charge in [-0.3, -0.25) is 10.0 Å². The van der Waals surface area contributed by atoms with E-state index in [2.05, 4.69) is 4.99 Å². The van der Waals surface area contributed by atoms with E-state index >= 15 is 0 Å². The molecular formula is C8H5ClN2O3. The molecule has 14 heavy (non-hydrogen) atoms. The first-order valence-corrected chi connectivity index (χ1v) is 4.18. The molecule has 0 bridgehead atoms. The van der Waals surface area contributed by atoms with Gasteiger partial charge in [0, 0.05) is 5.03 Å². The molecule has 2 aliphatic rings. The van der Waals surface area contributed by atoms with Crippen molar-refractivity contribution < 1.29 is 14.8 Å². The largest absolute Gasteiger partial charge is 0.374 e. The summed E-state index contributed by atoms with van der Waals surface area (Å²) in [5.74, 6) is -1.62. The Morgan fingerprint density at radius 3 is 2.93 bits per heavy atom. The molecule has 6 heteroatoms. The van der Waals surface area contributed by atoms with Crippen molar-refractivity contribution >= 4 is 29.3 Å². The smallest absolute Gasteiger partial charge is 0.277 e. The zero-order valence-corrected chi connectivity index (χ0v) is 7.60. The standard InChI is InChI=1S/C8H5ClN2O3/c9-4-2-1-3-5-6(4)7(12)11(14)8(13)10-5/h1-3,6,14H. The summed E-state index contributed by atoms with van der Waals surface area (Å²) in [4.78, 5) is 25.8. The predicted molar refractivity (Wildman–Crippen MR) is 48.0 cm³/mol. The van der Waals surface area contributed by atoms with Gasteiger partial charge < -0.3 is 0 Å². The van der Waals surface area contributed by atoms with Crippen LogP contribution in [-0.4, -0.2) is 27.9 Å². The minimum Gasteiger partial charge on any atom is -0.277 e. The van der Waals surface area contributed by atoms with Crippen LogP contribution in [0.1, 0.15) is 0 Å². The number of carbonyl (C=O) groups is 2. The Kier molecular flexibility index (Phi) is 1.98. The number of urea groups is 1. The Balaban J connectivity index is 2.51. The minimum absolute atomic E-state index is 0.0243. The van der Waals surface area contributed by atoms with Gasteiger partial charge in [0.15, 0.2) is 0 Å². The van der Waals surface area contributed by atoms with Crippen LogP contribution in [0.4, 0.5) is 4.79 Å². The second-order valence-corrected chi connectivity index (χ2v) is 3.25. The predicted octanol–water partition coefficient (Wildman–Crippen LogP) is 1.09. The normalized spacial score (nSPS) is 25.9. The maximum atomic E-state index is 11.4. The number of fused-ring (bicyclic) bond motifs is 1. The van der Waals surface area contributed by atoms with Gasteiger partial charge in [-0.1, -0.05) is 17.7 Å². The molecule has 0 aromatic heterocycles. The van der Waals surface area contributed by atoms with Crippen molar-refractivity contribution in [1.82, 2.24) is 5.06 Å². The van der Waals surface area contributed by atoms with E-state index in [0.29, 0.717) is 0 Å². The SMILES string of the molecule is O=C1N=C2C=CC=C(Cl)C2C(=O)N1O. The van der Waals surface area contributed by atoms with Gasteiger partial charge in [0.2, 0.25) is 0 Å². The molecule has 0 aromatic carbocycles. The van der Waals surface area contributed by atoms with Crippen LogP contribution in [0.15, 0.2) is 28.3 Å². The van der Waals surface area contributed by atoms with Gasteiger partial charge >= 0.3 is 6.03 Å². The van der Waals surface area contributed by atoms with Crippen LogP contribution in [0.2, 0.25) is 0 Å². The van der Waals surface area contributed by atoms with Gasteiger partial charge in [-0.05, 0) is 12.2 Å². The Hall–Kier alpha value is -1.46. The molecule has 1 atom stereocenters. The fraction of sp³-hybridized carbons (Fsp3) is 0.125. The molecule has 0 fully saturated rings. The van der Waals surface area contributed by atoms with E-state index in [4.69, 9.17) is 16.8 Å². The molecule has 1 aliphatic carbocycles. The molecule has 0 saturated heterocycles. The van der Waals surface area contributed by atoms with E-state index in [1.165, 1.54) is 12.2 Å². The first-order chi connectivity index (χ1) is 6.61. The van der Waals surface area contributed by atoms with E-state index in [0.717, 1.165) is 0 Å². The molecule has 0 radical (unpaired) electrons. The molecule has 0 saturated carbocycles. The van der Waals surface area contributed by atoms with Gasteiger partial charge in [-0.15, -0.1) is 5.06 Å². The van der Waals surface area contributed by atoms with Crippen molar-refractivity contribution in [3.8, 4) is 0 Å². The van der Waals surface area contributed by atoms with Crippen LogP contribution in [0.5, 0.6) is 0 Å². The average molecular weight is 213 g/mol. The molecule has 1 aliphatic heterocycles. The monoisotopic (exact) mass is 212 g/mol. The number of amides is 3. The van der Waals surface area contributed by atoms with Crippen LogP contribution in [-0.2, 0) is 4.79 Å². The van der Waals surface area contributed by atoms with Crippen LogP contribution in [0.3, 0.4) is 0 Å². The third kappa shape index (κ3) is 1.18. The number of rotatable bonds is 0. The van der Waals surface area contributed by atoms with Gasteiger partial charge in [0.25, 0.3) is 5.91 Å². The number of aliphatic imine (C=N–C) groups is 1. The molecule has 5 nitrogen and oxygen atoms in total. The number of hydrogen-bond acceptors (Lipinski definition) is 3. The van der Waals surface area contributed by atoms with E-state index < -0.39 is 17.9 Å². The summed E-state index contributed by atoms with van der Waals surface area (Å²) in [7, 11) is 0. The van der Waals surface area contributed by atoms with Crippen LogP contribution in [0.25, 0.3) is 0 Å². The summed E-state index contributed by atoms with van der Waals surface area (Å²) in [6.45, 7) is 0. The summed E-state index contributed by atoms with van der Waals surface area (Å²) in [5.41, 5.74) is 0.262. The second kappa shape index (κ2) is 3.04. The van der Waals surface area contributed by atoms with Crippen LogP contribution >= 0.6 is 11.6 Å². The summed E-state index contributed by atoms with van der Waals surface area (Å²) in [5, 5.41) is 9.23. The fourth-order valence-corrected chi connectivity index (χ4v) is 1.57. The molecule has 72 valence electrons. The second-order valence-electron chi connectivity index (χ2n) is 2.81. The zero-order valence-electron chi connectivity index (χ0n) is 6.85. The van der Waals surface area contributed by atoms with Crippen molar-refractivity contribution in [1.29, 1.82) is 0 Å². The maximum Gasteiger partial charge on any atom is 0.374 e. The Morgan fingerprint density at radius 1 is 1.50 bits per heavy atom. The lowest BCUT2D eigenvalue weighted by molar-refractivity contribution is -0.154. The summed E-state index contributed by atoms with van der Waals surface area (Å²) >= 11 is 5.76. The zero-order chi connectivity index (χ0) is 10.3. The lowest BCUT2D eigenvalue weighted by Crippen LogP contribution is -2.44. The van der Waals surface area contributed by atoms with Gasteiger partial charge in [-0.25, -0.2) is 4.79 Å². The first-order valence-electron chi connectivity index (χ1n) is 3.80. The number of imide groups is 1. The average Bonchev–Trinajstić information content (AvgIpc) is 2.14. The van der Waals surface area contributed by atoms with Crippen molar-refractivity contribution in [3.05, 3.63) is 23.3 Å². The van der Waals surface area contributed by atoms with Gasteiger partial charge in [0.05, 0.1) is 5.71 Å². The molecule has 2 rings (SSSR count). The third-order valence-electron chi connectivity index (χ3n) is 1.96. The van der Waals surface area contributed by atoms with E-state index in [9.17, 15) is 9.59 Å². The number of allylic oxidation sites excluding steroid dienone is 3. The molecule has 0 aromatic rings. The number of hydroxylamine groups is 2. The Labute approximate surface area is 83.9 Å². The molecule has 1 unspecified atom stereocenters. The molecule has 0 spiro atoms. The highest BCUT2D eigenvalue weighted by atomic mass is 35.5. The third-order valence-corrected chi connectivity index (χ3v) is 2.30. The Morgan fingerprint density at radius 2 is 2.21 bits per heavy atom. The summed E-state index contributed by atoms with van der Waals surface area (Å²) in [6.07, 6.45) is 4.62. The number of carbonyl (C=O) groups excluding carboxylic acids is 2. The van der Waals surface area contributed by atoms with Crippen molar-refractivity contribution in [2.75, 3.05) is 0 Å². The highest BCUT2D eigenvalue weighted by molar-refractivity contribution is 6.37. The summed E-state index contributed by atoms with van der Waals surface area (Å²) < 4.78 is 0. The minimum atomic E-state index is -0.989. The van der Waals surface area contributed by atoms with Crippen molar-refractivity contribution in [2.45, 2.75) is 0 Å². The molecule has 3 amide bonds. The fourth-order valence-electron chi connectivity index (χ4n) is 1.29. The number of nitrogens with zero attached hydrogens (tertiary/aromatic N) is 2. The van der Waals surface area contributed by atoms with Crippen molar-refractivity contribution in [2.24, 2.45) is 10.9 Å². The van der Waals surface area contributed by atoms with E-state index in [1.54, 1.807) is 6.08 Å². The Bertz CT molecular complexity index is 411. The van der Waals surface area contributed by atoms with Crippen molar-refractivity contribution in [3.63, 3.8) is 0 Å². The quantitative estimate of drug-likeness (QED) is 0.611.